The Morgan fingerprint density at radius 3 is 2.79 bits per heavy atom. The molecule has 1 spiro atoms. The van der Waals surface area contributed by atoms with Gasteiger partial charge in [-0.3, -0.25) is 0 Å². The normalized spacial score (nSPS) is 26.4. The van der Waals surface area contributed by atoms with E-state index in [9.17, 15) is 4.79 Å². The third-order valence-corrected chi connectivity index (χ3v) is 6.54. The summed E-state index contributed by atoms with van der Waals surface area (Å²) in [6.45, 7) is 0.943. The van der Waals surface area contributed by atoms with Crippen LogP contribution in [-0.2, 0) is 10.2 Å². The highest BCUT2D eigenvalue weighted by atomic mass is 35.5. The van der Waals surface area contributed by atoms with Crippen molar-refractivity contribution in [2.45, 2.75) is 30.5 Å². The first-order valence-corrected chi connectivity index (χ1v) is 10.1. The minimum Gasteiger partial charge on any atom is -0.493 e. The number of ether oxygens (including phenoxy) is 3. The van der Waals surface area contributed by atoms with Crippen LogP contribution >= 0.6 is 11.6 Å². The number of rotatable bonds is 3. The first-order chi connectivity index (χ1) is 14.0. The number of benzene rings is 2. The van der Waals surface area contributed by atoms with Gasteiger partial charge in [-0.2, -0.15) is 0 Å². The number of nitrogens with zero attached hydrogens (tertiary/aromatic N) is 1. The number of carbonyl (C=O) groups is 1. The Kier molecular flexibility index (Phi) is 4.24. The summed E-state index contributed by atoms with van der Waals surface area (Å²) >= 11 is 5.90. The number of halogens is 1. The number of esters is 1. The van der Waals surface area contributed by atoms with Crippen molar-refractivity contribution < 1.29 is 19.0 Å². The van der Waals surface area contributed by atoms with E-state index >= 15 is 0 Å². The fourth-order valence-corrected chi connectivity index (χ4v) is 4.87. The topological polar surface area (TPSA) is 48.0 Å². The van der Waals surface area contributed by atoms with Crippen molar-refractivity contribution in [3.63, 3.8) is 0 Å². The van der Waals surface area contributed by atoms with Gasteiger partial charge in [-0.25, -0.2) is 4.79 Å². The summed E-state index contributed by atoms with van der Waals surface area (Å²) in [5, 5.41) is 0.588. The molecule has 5 rings (SSSR count). The van der Waals surface area contributed by atoms with Crippen molar-refractivity contribution in [1.29, 1.82) is 0 Å². The van der Waals surface area contributed by atoms with Crippen molar-refractivity contribution in [2.75, 3.05) is 25.6 Å². The van der Waals surface area contributed by atoms with Crippen molar-refractivity contribution >= 4 is 23.3 Å². The Bertz CT molecular complexity index is 1000. The molecule has 1 aliphatic carbocycles. The van der Waals surface area contributed by atoms with Crippen LogP contribution in [0.3, 0.4) is 0 Å². The van der Waals surface area contributed by atoms with Crippen LogP contribution in [0.15, 0.2) is 48.6 Å². The zero-order chi connectivity index (χ0) is 20.2. The molecule has 3 aliphatic rings. The molecule has 2 aromatic carbocycles. The largest absolute Gasteiger partial charge is 0.493 e. The van der Waals surface area contributed by atoms with Crippen LogP contribution in [0.4, 0.5) is 5.69 Å². The molecular weight excluding hydrogens is 390 g/mol. The van der Waals surface area contributed by atoms with E-state index in [1.165, 1.54) is 11.3 Å². The summed E-state index contributed by atoms with van der Waals surface area (Å²) in [6, 6.07) is 10.8. The molecule has 150 valence electrons. The molecule has 0 N–H and O–H groups in total. The zero-order valence-corrected chi connectivity index (χ0v) is 17.1. The standard InChI is InChI=1S/C23H22ClNO4/c1-25-12-11-23-10-9-16(28-22(26)14-3-5-15(24)6-4-14)13-19(23)29-21-18(27-2)8-7-17(25)20(21)23/h3-10,16,19H,11-13H2,1-2H3/t16-,19?,23-/m0/s1. The quantitative estimate of drug-likeness (QED) is 0.554. The average Bonchev–Trinajstić information content (AvgIpc) is 3.07. The third kappa shape index (κ3) is 2.79. The molecule has 0 saturated heterocycles. The van der Waals surface area contributed by atoms with Crippen LogP contribution in [0.1, 0.15) is 28.8 Å². The Morgan fingerprint density at radius 1 is 1.24 bits per heavy atom. The number of methoxy groups -OCH3 is 1. The second kappa shape index (κ2) is 6.70. The second-order valence-corrected chi connectivity index (χ2v) is 8.29. The minimum atomic E-state index is -0.357. The molecule has 0 aromatic heterocycles. The molecule has 3 atom stereocenters. The second-order valence-electron chi connectivity index (χ2n) is 7.85. The highest BCUT2D eigenvalue weighted by Crippen LogP contribution is 2.58. The number of hydrogen-bond donors (Lipinski definition) is 0. The molecular formula is C23H22ClNO4. The van der Waals surface area contributed by atoms with E-state index in [1.807, 2.05) is 12.1 Å². The monoisotopic (exact) mass is 411 g/mol. The fraction of sp³-hybridized carbons (Fsp3) is 0.348. The van der Waals surface area contributed by atoms with Gasteiger partial charge >= 0.3 is 5.97 Å². The Morgan fingerprint density at radius 2 is 2.03 bits per heavy atom. The van der Waals surface area contributed by atoms with E-state index in [-0.39, 0.29) is 23.6 Å². The third-order valence-electron chi connectivity index (χ3n) is 6.28. The molecule has 5 nitrogen and oxygen atoms in total. The Hall–Kier alpha value is -2.66. The smallest absolute Gasteiger partial charge is 0.338 e. The van der Waals surface area contributed by atoms with Gasteiger partial charge in [-0.05, 0) is 48.9 Å². The maximum atomic E-state index is 12.5. The first kappa shape index (κ1) is 18.4. The lowest BCUT2D eigenvalue weighted by molar-refractivity contribution is 0.0221. The molecule has 1 unspecified atom stereocenters. The number of hydrogen-bond acceptors (Lipinski definition) is 5. The lowest BCUT2D eigenvalue weighted by Crippen LogP contribution is -2.47. The van der Waals surface area contributed by atoms with E-state index in [0.717, 1.165) is 24.5 Å². The lowest BCUT2D eigenvalue weighted by Gasteiger charge is -2.42. The fourth-order valence-electron chi connectivity index (χ4n) is 4.75. The first-order valence-electron chi connectivity index (χ1n) is 9.77. The molecule has 0 radical (unpaired) electrons. The molecule has 0 fully saturated rings. The highest BCUT2D eigenvalue weighted by Gasteiger charge is 2.54. The van der Waals surface area contributed by atoms with Crippen LogP contribution in [0, 0.1) is 0 Å². The van der Waals surface area contributed by atoms with Crippen LogP contribution < -0.4 is 14.4 Å². The van der Waals surface area contributed by atoms with Gasteiger partial charge in [0.25, 0.3) is 0 Å². The highest BCUT2D eigenvalue weighted by molar-refractivity contribution is 6.30. The van der Waals surface area contributed by atoms with Crippen LogP contribution in [0.2, 0.25) is 5.02 Å². The van der Waals surface area contributed by atoms with Crippen molar-refractivity contribution in [1.82, 2.24) is 0 Å². The molecule has 6 heteroatoms. The van der Waals surface area contributed by atoms with Crippen LogP contribution in [0.5, 0.6) is 11.5 Å². The van der Waals surface area contributed by atoms with Crippen molar-refractivity contribution in [2.24, 2.45) is 0 Å². The summed E-state index contributed by atoms with van der Waals surface area (Å²) in [4.78, 5) is 14.8. The maximum absolute atomic E-state index is 12.5. The number of carbonyl (C=O) groups excluding carboxylic acids is 1. The Labute approximate surface area is 174 Å². The summed E-state index contributed by atoms with van der Waals surface area (Å²) in [5.41, 5.74) is 2.65. The van der Waals surface area contributed by atoms with Gasteiger partial charge in [0, 0.05) is 36.3 Å². The predicted octanol–water partition coefficient (Wildman–Crippen LogP) is 4.37. The van der Waals surface area contributed by atoms with E-state index in [4.69, 9.17) is 25.8 Å². The lowest BCUT2D eigenvalue weighted by atomic mass is 9.67. The van der Waals surface area contributed by atoms with E-state index in [2.05, 4.69) is 24.1 Å². The van der Waals surface area contributed by atoms with Gasteiger partial charge in [-0.1, -0.05) is 17.7 Å². The summed E-state index contributed by atoms with van der Waals surface area (Å²) in [5.74, 6) is 1.20. The van der Waals surface area contributed by atoms with E-state index < -0.39 is 0 Å². The molecule has 0 bridgehead atoms. The number of anilines is 1. The van der Waals surface area contributed by atoms with Crippen LogP contribution in [-0.4, -0.2) is 38.9 Å². The van der Waals surface area contributed by atoms with Gasteiger partial charge in [0.05, 0.1) is 18.1 Å². The van der Waals surface area contributed by atoms with Crippen molar-refractivity contribution in [3.8, 4) is 11.5 Å². The minimum absolute atomic E-state index is 0.0886. The molecule has 2 heterocycles. The molecule has 0 amide bonds. The SMILES string of the molecule is COc1ccc2c3c1OC1C[C@@H](OC(=O)c4ccc(Cl)cc4)C=C[C@@]31CCN2C. The van der Waals surface area contributed by atoms with Gasteiger partial charge in [0.2, 0.25) is 0 Å². The molecule has 2 aliphatic heterocycles. The zero-order valence-electron chi connectivity index (χ0n) is 16.4. The summed E-state index contributed by atoms with van der Waals surface area (Å²) in [7, 11) is 3.76. The summed E-state index contributed by atoms with van der Waals surface area (Å²) < 4.78 is 17.7. The van der Waals surface area contributed by atoms with Gasteiger partial charge in [0.15, 0.2) is 11.5 Å². The molecule has 0 saturated carbocycles. The van der Waals surface area contributed by atoms with Gasteiger partial charge in [-0.15, -0.1) is 0 Å². The maximum Gasteiger partial charge on any atom is 0.338 e. The summed E-state index contributed by atoms with van der Waals surface area (Å²) in [6.07, 6.45) is 5.33. The van der Waals surface area contributed by atoms with Crippen molar-refractivity contribution in [3.05, 3.63) is 64.7 Å². The molecule has 2 aromatic rings. The average molecular weight is 412 g/mol. The van der Waals surface area contributed by atoms with E-state index in [0.29, 0.717) is 17.0 Å². The Balaban J connectivity index is 1.44. The van der Waals surface area contributed by atoms with Gasteiger partial charge < -0.3 is 19.1 Å². The van der Waals surface area contributed by atoms with E-state index in [1.54, 1.807) is 31.4 Å². The molecule has 29 heavy (non-hydrogen) atoms. The van der Waals surface area contributed by atoms with Gasteiger partial charge in [0.1, 0.15) is 12.2 Å². The van der Waals surface area contributed by atoms with Crippen LogP contribution in [0.25, 0.3) is 0 Å². The predicted molar refractivity (Wildman–Crippen MR) is 111 cm³/mol.